The summed E-state index contributed by atoms with van der Waals surface area (Å²) in [6.07, 6.45) is 9.82. The molecular formula is C27H30FN3. The van der Waals surface area contributed by atoms with E-state index >= 15 is 0 Å². The zero-order valence-corrected chi connectivity index (χ0v) is 18.2. The Morgan fingerprint density at radius 3 is 2.71 bits per heavy atom. The van der Waals surface area contributed by atoms with E-state index in [9.17, 15) is 4.39 Å². The Morgan fingerprint density at radius 2 is 2.03 bits per heavy atom. The van der Waals surface area contributed by atoms with E-state index in [0.29, 0.717) is 24.1 Å². The van der Waals surface area contributed by atoms with Gasteiger partial charge in [0.05, 0.1) is 5.71 Å². The van der Waals surface area contributed by atoms with Crippen molar-refractivity contribution >= 4 is 17.1 Å². The highest BCUT2D eigenvalue weighted by Gasteiger charge is 2.18. The minimum absolute atomic E-state index is 0.0906. The maximum atomic E-state index is 14.0. The summed E-state index contributed by atoms with van der Waals surface area (Å²) in [5, 5.41) is 12.1. The van der Waals surface area contributed by atoms with Crippen molar-refractivity contribution in [2.75, 3.05) is 5.73 Å². The first-order valence-corrected chi connectivity index (χ1v) is 10.6. The van der Waals surface area contributed by atoms with Crippen LogP contribution in [0.1, 0.15) is 48.6 Å². The van der Waals surface area contributed by atoms with Crippen molar-refractivity contribution in [2.24, 2.45) is 5.92 Å². The number of anilines is 1. The molecule has 1 aliphatic carbocycles. The molecule has 2 aromatic rings. The van der Waals surface area contributed by atoms with Gasteiger partial charge < -0.3 is 16.5 Å². The van der Waals surface area contributed by atoms with E-state index < -0.39 is 0 Å². The zero-order valence-electron chi connectivity index (χ0n) is 18.2. The van der Waals surface area contributed by atoms with Crippen LogP contribution in [0.25, 0.3) is 5.70 Å². The molecule has 2 atom stereocenters. The van der Waals surface area contributed by atoms with Gasteiger partial charge in [-0.25, -0.2) is 4.39 Å². The van der Waals surface area contributed by atoms with E-state index in [4.69, 9.17) is 11.1 Å². The van der Waals surface area contributed by atoms with Crippen LogP contribution in [-0.4, -0.2) is 5.71 Å². The summed E-state index contributed by atoms with van der Waals surface area (Å²) >= 11 is 0. The molecule has 2 aromatic carbocycles. The highest BCUT2D eigenvalue weighted by atomic mass is 19.1. The van der Waals surface area contributed by atoms with Crippen LogP contribution < -0.4 is 11.1 Å². The van der Waals surface area contributed by atoms with Gasteiger partial charge in [-0.1, -0.05) is 68.1 Å². The normalized spacial score (nSPS) is 16.7. The van der Waals surface area contributed by atoms with E-state index in [1.807, 2.05) is 43.3 Å². The lowest BCUT2D eigenvalue weighted by Crippen LogP contribution is -2.18. The third-order valence-corrected chi connectivity index (χ3v) is 5.61. The lowest BCUT2D eigenvalue weighted by molar-refractivity contribution is 0.523. The molecule has 0 heterocycles. The third kappa shape index (κ3) is 5.21. The summed E-state index contributed by atoms with van der Waals surface area (Å²) in [6, 6.07) is 14.0. The van der Waals surface area contributed by atoms with Crippen LogP contribution in [0.4, 0.5) is 10.1 Å². The van der Waals surface area contributed by atoms with Gasteiger partial charge in [-0.15, -0.1) is 0 Å². The van der Waals surface area contributed by atoms with E-state index in [1.54, 1.807) is 18.2 Å². The van der Waals surface area contributed by atoms with Gasteiger partial charge in [-0.05, 0) is 49.1 Å². The Labute approximate surface area is 184 Å². The Bertz CT molecular complexity index is 1050. The van der Waals surface area contributed by atoms with Crippen LogP contribution in [0.2, 0.25) is 0 Å². The minimum Gasteiger partial charge on any atom is -0.398 e. The standard InChI is InChI=1S/C27H30FN3/c1-4-22-23(19(3)31-18(2)20-10-6-5-7-11-20)15-17-26(30)27(22)25(29)16-14-21-12-8-9-13-24(21)28/h5-11,13-18,21,29,31H,3-4,12,30H2,1-2H3/b16-14+,29-25?. The molecule has 160 valence electrons. The Kier molecular flexibility index (Phi) is 7.24. The van der Waals surface area contributed by atoms with Crippen LogP contribution in [0.3, 0.4) is 0 Å². The van der Waals surface area contributed by atoms with Crippen LogP contribution in [0.5, 0.6) is 0 Å². The molecule has 3 rings (SSSR count). The van der Waals surface area contributed by atoms with E-state index in [2.05, 4.69) is 31.0 Å². The lowest BCUT2D eigenvalue weighted by Gasteiger charge is -2.22. The summed E-state index contributed by atoms with van der Waals surface area (Å²) in [5.41, 5.74) is 11.6. The molecule has 0 spiro atoms. The van der Waals surface area contributed by atoms with Gasteiger partial charge in [0.2, 0.25) is 0 Å². The molecule has 4 heteroatoms. The maximum absolute atomic E-state index is 14.0. The molecule has 1 aliphatic rings. The molecule has 0 amide bonds. The first kappa shape index (κ1) is 22.3. The summed E-state index contributed by atoms with van der Waals surface area (Å²) < 4.78 is 14.0. The van der Waals surface area contributed by atoms with Crippen LogP contribution in [-0.2, 0) is 6.42 Å². The number of nitrogens with one attached hydrogen (secondary N) is 2. The van der Waals surface area contributed by atoms with Crippen molar-refractivity contribution in [3.63, 3.8) is 0 Å². The summed E-state index contributed by atoms with van der Waals surface area (Å²) in [7, 11) is 0. The predicted octanol–water partition coefficient (Wildman–Crippen LogP) is 6.51. The molecular weight excluding hydrogens is 385 g/mol. The smallest absolute Gasteiger partial charge is 0.107 e. The first-order valence-electron chi connectivity index (χ1n) is 10.6. The van der Waals surface area contributed by atoms with Gasteiger partial charge in [0, 0.05) is 34.5 Å². The highest BCUT2D eigenvalue weighted by Crippen LogP contribution is 2.29. The SMILES string of the molecule is C=C(NC(C)c1ccccc1)c1ccc(N)c(C(=N)/C=C/C2CC=CC=C2F)c1CC. The second kappa shape index (κ2) is 10.1. The monoisotopic (exact) mass is 415 g/mol. The van der Waals surface area contributed by atoms with Crippen molar-refractivity contribution < 1.29 is 4.39 Å². The molecule has 0 saturated carbocycles. The van der Waals surface area contributed by atoms with Gasteiger partial charge in [0.15, 0.2) is 0 Å². The van der Waals surface area contributed by atoms with E-state index in [1.165, 1.54) is 11.6 Å². The van der Waals surface area contributed by atoms with Gasteiger partial charge in [0.1, 0.15) is 5.83 Å². The number of allylic oxidation sites excluding steroid dienone is 6. The molecule has 0 fully saturated rings. The van der Waals surface area contributed by atoms with Gasteiger partial charge in [-0.2, -0.15) is 0 Å². The Balaban J connectivity index is 1.86. The molecule has 0 aliphatic heterocycles. The van der Waals surface area contributed by atoms with E-state index in [0.717, 1.165) is 16.8 Å². The van der Waals surface area contributed by atoms with Gasteiger partial charge in [-0.3, -0.25) is 0 Å². The molecule has 0 radical (unpaired) electrons. The molecule has 0 saturated heterocycles. The van der Waals surface area contributed by atoms with Crippen molar-refractivity contribution in [2.45, 2.75) is 32.7 Å². The third-order valence-electron chi connectivity index (χ3n) is 5.61. The topological polar surface area (TPSA) is 61.9 Å². The van der Waals surface area contributed by atoms with Crippen LogP contribution >= 0.6 is 0 Å². The Hall–Kier alpha value is -3.40. The van der Waals surface area contributed by atoms with E-state index in [-0.39, 0.29) is 23.5 Å². The molecule has 0 aromatic heterocycles. The number of halogens is 1. The van der Waals surface area contributed by atoms with Gasteiger partial charge in [0.25, 0.3) is 0 Å². The number of nitrogens with two attached hydrogens (primary N) is 1. The number of hydrogen-bond donors (Lipinski definition) is 3. The van der Waals surface area contributed by atoms with Crippen molar-refractivity contribution in [1.29, 1.82) is 5.41 Å². The minimum atomic E-state index is -0.330. The summed E-state index contributed by atoms with van der Waals surface area (Å²) in [4.78, 5) is 0. The number of rotatable bonds is 8. The average Bonchev–Trinajstić information content (AvgIpc) is 2.78. The van der Waals surface area contributed by atoms with Crippen molar-refractivity contribution in [3.05, 3.63) is 108 Å². The maximum Gasteiger partial charge on any atom is 0.107 e. The molecule has 3 nitrogen and oxygen atoms in total. The fourth-order valence-corrected chi connectivity index (χ4v) is 3.89. The Morgan fingerprint density at radius 1 is 1.29 bits per heavy atom. The second-order valence-corrected chi connectivity index (χ2v) is 7.76. The largest absolute Gasteiger partial charge is 0.398 e. The highest BCUT2D eigenvalue weighted by molar-refractivity contribution is 6.11. The lowest BCUT2D eigenvalue weighted by atomic mass is 9.91. The molecule has 0 bridgehead atoms. The van der Waals surface area contributed by atoms with Crippen molar-refractivity contribution in [3.8, 4) is 0 Å². The first-order chi connectivity index (χ1) is 14.9. The zero-order chi connectivity index (χ0) is 22.4. The predicted molar refractivity (Wildman–Crippen MR) is 130 cm³/mol. The fourth-order valence-electron chi connectivity index (χ4n) is 3.89. The summed E-state index contributed by atoms with van der Waals surface area (Å²) in [5.74, 6) is -0.514. The second-order valence-electron chi connectivity index (χ2n) is 7.76. The van der Waals surface area contributed by atoms with Gasteiger partial charge >= 0.3 is 0 Å². The van der Waals surface area contributed by atoms with Crippen molar-refractivity contribution in [1.82, 2.24) is 5.32 Å². The number of benzene rings is 2. The average molecular weight is 416 g/mol. The molecule has 31 heavy (non-hydrogen) atoms. The number of nitrogen functional groups attached to an aromatic ring is 1. The summed E-state index contributed by atoms with van der Waals surface area (Å²) in [6.45, 7) is 8.39. The van der Waals surface area contributed by atoms with Crippen LogP contribution in [0, 0.1) is 11.3 Å². The van der Waals surface area contributed by atoms with Crippen LogP contribution in [0.15, 0.2) is 85.3 Å². The molecule has 2 unspecified atom stereocenters. The quantitative estimate of drug-likeness (QED) is 0.340. The number of hydrogen-bond acceptors (Lipinski definition) is 3. The fraction of sp³-hybridized carbons (Fsp3) is 0.222. The molecule has 4 N–H and O–H groups in total.